The quantitative estimate of drug-likeness (QED) is 0.373. The van der Waals surface area contributed by atoms with Crippen LogP contribution in [0.1, 0.15) is 39.5 Å². The highest BCUT2D eigenvalue weighted by Crippen LogP contribution is 2.34. The molecule has 2 fully saturated rings. The van der Waals surface area contributed by atoms with Crippen molar-refractivity contribution in [3.63, 3.8) is 0 Å². The third-order valence-electron chi connectivity index (χ3n) is 4.79. The summed E-state index contributed by atoms with van der Waals surface area (Å²) < 4.78 is 0. The van der Waals surface area contributed by atoms with E-state index in [0.717, 1.165) is 48.8 Å². The molecule has 2 heterocycles. The molecule has 25 heavy (non-hydrogen) atoms. The van der Waals surface area contributed by atoms with E-state index in [-0.39, 0.29) is 24.0 Å². The van der Waals surface area contributed by atoms with Crippen LogP contribution in [0.25, 0.3) is 0 Å². The molecule has 0 aromatic carbocycles. The summed E-state index contributed by atoms with van der Waals surface area (Å²) in [6.07, 6.45) is 6.72. The Morgan fingerprint density at radius 1 is 1.40 bits per heavy atom. The summed E-state index contributed by atoms with van der Waals surface area (Å²) in [6.45, 7) is 7.00. The zero-order valence-electron chi connectivity index (χ0n) is 15.0. The predicted octanol–water partition coefficient (Wildman–Crippen LogP) is 3.68. The van der Waals surface area contributed by atoms with Crippen LogP contribution >= 0.6 is 35.6 Å². The second kappa shape index (κ2) is 9.80. The lowest BCUT2D eigenvalue weighted by Crippen LogP contribution is -2.46. The summed E-state index contributed by atoms with van der Waals surface area (Å²) in [7, 11) is 0. The van der Waals surface area contributed by atoms with Gasteiger partial charge in [0.2, 0.25) is 0 Å². The molecule has 0 spiro atoms. The molecule has 1 saturated carbocycles. The summed E-state index contributed by atoms with van der Waals surface area (Å²) in [4.78, 5) is 11.3. The Kier molecular flexibility index (Phi) is 8.06. The van der Waals surface area contributed by atoms with E-state index in [1.807, 2.05) is 12.1 Å². The number of nitrogens with one attached hydrogen (secondary N) is 2. The number of guanidine groups is 1. The summed E-state index contributed by atoms with van der Waals surface area (Å²) in [6, 6.07) is 4.75. The second-order valence-electron chi connectivity index (χ2n) is 6.74. The lowest BCUT2D eigenvalue weighted by Gasteiger charge is -2.20. The van der Waals surface area contributed by atoms with Crippen LogP contribution < -0.4 is 15.5 Å². The van der Waals surface area contributed by atoms with Gasteiger partial charge in [-0.3, -0.25) is 4.99 Å². The molecule has 1 saturated heterocycles. The standard InChI is InChI=1S/C18H28ClN5.HI/c1-3-6-13-11-16(13)23-18(20-4-2)22-14-8-10-24(12-14)17-15(19)7-5-9-21-17;/h5,7,9,13-14,16H,3-4,6,8,10-12H2,1-2H3,(H2,20,22,23);1H. The van der Waals surface area contributed by atoms with Crippen LogP contribution in [0.4, 0.5) is 5.82 Å². The van der Waals surface area contributed by atoms with E-state index in [1.54, 1.807) is 6.20 Å². The molecule has 7 heteroatoms. The number of rotatable bonds is 6. The zero-order chi connectivity index (χ0) is 16.9. The molecular formula is C18H29ClIN5. The van der Waals surface area contributed by atoms with Gasteiger partial charge < -0.3 is 15.5 Å². The minimum atomic E-state index is 0. The van der Waals surface area contributed by atoms with E-state index >= 15 is 0 Å². The third-order valence-corrected chi connectivity index (χ3v) is 5.08. The number of aromatic nitrogens is 1. The average Bonchev–Trinajstić information content (AvgIpc) is 3.12. The molecule has 1 aliphatic heterocycles. The first-order valence-electron chi connectivity index (χ1n) is 9.14. The van der Waals surface area contributed by atoms with Gasteiger partial charge in [-0.2, -0.15) is 0 Å². The van der Waals surface area contributed by atoms with E-state index in [0.29, 0.717) is 12.1 Å². The third kappa shape index (κ3) is 5.61. The first-order valence-corrected chi connectivity index (χ1v) is 9.52. The number of hydrogen-bond acceptors (Lipinski definition) is 3. The second-order valence-corrected chi connectivity index (χ2v) is 7.15. The van der Waals surface area contributed by atoms with Crippen LogP contribution in [-0.2, 0) is 0 Å². The molecule has 3 atom stereocenters. The molecule has 1 aromatic rings. The van der Waals surface area contributed by atoms with E-state index in [2.05, 4.69) is 39.4 Å². The molecule has 3 rings (SSSR count). The van der Waals surface area contributed by atoms with Crippen LogP contribution in [-0.4, -0.2) is 42.7 Å². The number of aliphatic imine (C=N–C) groups is 1. The fraction of sp³-hybridized carbons (Fsp3) is 0.667. The predicted molar refractivity (Wildman–Crippen MR) is 116 cm³/mol. The van der Waals surface area contributed by atoms with Gasteiger partial charge in [-0.15, -0.1) is 24.0 Å². The Hall–Kier alpha value is -0.760. The number of halogens is 2. The van der Waals surface area contributed by atoms with Crippen molar-refractivity contribution >= 4 is 47.4 Å². The molecule has 5 nitrogen and oxygen atoms in total. The smallest absolute Gasteiger partial charge is 0.191 e. The van der Waals surface area contributed by atoms with Gasteiger partial charge in [0.25, 0.3) is 0 Å². The molecule has 140 valence electrons. The maximum absolute atomic E-state index is 6.27. The summed E-state index contributed by atoms with van der Waals surface area (Å²) >= 11 is 6.27. The normalized spacial score (nSPS) is 25.5. The minimum Gasteiger partial charge on any atom is -0.353 e. The van der Waals surface area contributed by atoms with Crippen LogP contribution in [0.3, 0.4) is 0 Å². The number of anilines is 1. The van der Waals surface area contributed by atoms with Crippen molar-refractivity contribution in [2.75, 3.05) is 24.5 Å². The monoisotopic (exact) mass is 477 g/mol. The zero-order valence-corrected chi connectivity index (χ0v) is 18.1. The maximum Gasteiger partial charge on any atom is 0.191 e. The number of nitrogens with zero attached hydrogens (tertiary/aromatic N) is 3. The van der Waals surface area contributed by atoms with Crippen LogP contribution in [0.5, 0.6) is 0 Å². The van der Waals surface area contributed by atoms with Crippen molar-refractivity contribution in [3.8, 4) is 0 Å². The van der Waals surface area contributed by atoms with Crippen molar-refractivity contribution in [3.05, 3.63) is 23.4 Å². The van der Waals surface area contributed by atoms with Crippen LogP contribution in [0.2, 0.25) is 5.02 Å². The molecule has 2 N–H and O–H groups in total. The fourth-order valence-corrected chi connectivity index (χ4v) is 3.70. The van der Waals surface area contributed by atoms with Gasteiger partial charge >= 0.3 is 0 Å². The highest BCUT2D eigenvalue weighted by Gasteiger charge is 2.37. The largest absolute Gasteiger partial charge is 0.353 e. The molecule has 0 radical (unpaired) electrons. The molecule has 3 unspecified atom stereocenters. The van der Waals surface area contributed by atoms with Crippen molar-refractivity contribution in [1.82, 2.24) is 15.6 Å². The van der Waals surface area contributed by atoms with Gasteiger partial charge in [0.05, 0.1) is 5.02 Å². The van der Waals surface area contributed by atoms with E-state index in [1.165, 1.54) is 19.3 Å². The summed E-state index contributed by atoms with van der Waals surface area (Å²) in [5, 5.41) is 7.92. The SMILES string of the molecule is CCCC1CC1NC(=NCC)NC1CCN(c2ncccc2Cl)C1.I. The highest BCUT2D eigenvalue weighted by atomic mass is 127. The Balaban J connectivity index is 0.00000225. The highest BCUT2D eigenvalue weighted by molar-refractivity contribution is 14.0. The maximum atomic E-state index is 6.27. The Labute approximate surface area is 173 Å². The first-order chi connectivity index (χ1) is 11.7. The van der Waals surface area contributed by atoms with Gasteiger partial charge in [-0.1, -0.05) is 24.9 Å². The number of pyridine rings is 1. The van der Waals surface area contributed by atoms with E-state index in [9.17, 15) is 0 Å². The van der Waals surface area contributed by atoms with Crippen LogP contribution in [0.15, 0.2) is 23.3 Å². The van der Waals surface area contributed by atoms with E-state index < -0.39 is 0 Å². The average molecular weight is 478 g/mol. The molecule has 1 aromatic heterocycles. The van der Waals surface area contributed by atoms with Gasteiger partial charge in [0, 0.05) is 37.9 Å². The molecule has 1 aliphatic carbocycles. The Morgan fingerprint density at radius 3 is 2.96 bits per heavy atom. The summed E-state index contributed by atoms with van der Waals surface area (Å²) in [5.74, 6) is 2.67. The van der Waals surface area contributed by atoms with Crippen molar-refractivity contribution in [2.45, 2.75) is 51.6 Å². The van der Waals surface area contributed by atoms with Crippen molar-refractivity contribution in [2.24, 2.45) is 10.9 Å². The van der Waals surface area contributed by atoms with Gasteiger partial charge in [0.1, 0.15) is 5.82 Å². The Morgan fingerprint density at radius 2 is 2.24 bits per heavy atom. The van der Waals surface area contributed by atoms with Crippen molar-refractivity contribution in [1.29, 1.82) is 0 Å². The molecule has 0 amide bonds. The number of hydrogen-bond donors (Lipinski definition) is 2. The van der Waals surface area contributed by atoms with Crippen LogP contribution in [0, 0.1) is 5.92 Å². The molecule has 0 bridgehead atoms. The summed E-state index contributed by atoms with van der Waals surface area (Å²) in [5.41, 5.74) is 0. The fourth-order valence-electron chi connectivity index (χ4n) is 3.45. The Bertz CT molecular complexity index is 582. The van der Waals surface area contributed by atoms with E-state index in [4.69, 9.17) is 11.6 Å². The van der Waals surface area contributed by atoms with Gasteiger partial charge in [-0.25, -0.2) is 4.98 Å². The molecule has 2 aliphatic rings. The minimum absolute atomic E-state index is 0. The topological polar surface area (TPSA) is 52.6 Å². The van der Waals surface area contributed by atoms with Gasteiger partial charge in [-0.05, 0) is 44.2 Å². The van der Waals surface area contributed by atoms with Gasteiger partial charge in [0.15, 0.2) is 5.96 Å². The lowest BCUT2D eigenvalue weighted by molar-refractivity contribution is 0.623. The first kappa shape index (κ1) is 20.6. The van der Waals surface area contributed by atoms with Crippen molar-refractivity contribution < 1.29 is 0 Å². The molecular weight excluding hydrogens is 449 g/mol. The lowest BCUT2D eigenvalue weighted by atomic mass is 10.2.